The number of hydrogen-bond acceptors (Lipinski definition) is 2. The fraction of sp³-hybridized carbons (Fsp3) is 0.941. The minimum absolute atomic E-state index is 0.641. The fourth-order valence-corrected chi connectivity index (χ4v) is 11.3. The van der Waals surface area contributed by atoms with Crippen LogP contribution in [0.1, 0.15) is 61.8 Å². The highest BCUT2D eigenvalue weighted by Gasteiger charge is 2.48. The third-order valence-corrected chi connectivity index (χ3v) is 17.4. The van der Waals surface area contributed by atoms with Gasteiger partial charge in [0.15, 0.2) is 8.24 Å². The molecule has 0 heterocycles. The van der Waals surface area contributed by atoms with E-state index in [0.717, 1.165) is 30.3 Å². The van der Waals surface area contributed by atoms with Gasteiger partial charge in [0, 0.05) is 5.71 Å². The average Bonchev–Trinajstić information content (AvgIpc) is 2.51. The molecule has 2 nitrogen and oxygen atoms in total. The van der Waals surface area contributed by atoms with Gasteiger partial charge in [-0.25, -0.2) is 0 Å². The molecule has 0 fully saturated rings. The largest absolute Gasteiger partial charge is 0.388 e. The Labute approximate surface area is 135 Å². The Morgan fingerprint density at radius 3 is 1.43 bits per heavy atom. The van der Waals surface area contributed by atoms with Crippen LogP contribution in [-0.2, 0) is 0 Å². The lowest BCUT2D eigenvalue weighted by Crippen LogP contribution is -2.61. The quantitative estimate of drug-likeness (QED) is 0.408. The van der Waals surface area contributed by atoms with E-state index in [-0.39, 0.29) is 0 Å². The lowest BCUT2D eigenvalue weighted by Gasteiger charge is -2.44. The third-order valence-electron chi connectivity index (χ3n) is 6.31. The zero-order valence-electron chi connectivity index (χ0n) is 15.8. The minimum atomic E-state index is -1.72. The van der Waals surface area contributed by atoms with Crippen LogP contribution in [0.2, 0.25) is 36.3 Å². The molecule has 21 heavy (non-hydrogen) atoms. The normalized spacial score (nSPS) is 16.9. The topological polar surface area (TPSA) is 32.6 Å². The predicted octanol–water partition coefficient (Wildman–Crippen LogP) is 5.64. The summed E-state index contributed by atoms with van der Waals surface area (Å²) >= 11 is 0. The lowest BCUT2D eigenvalue weighted by molar-refractivity contribution is 0.201. The van der Waals surface area contributed by atoms with Gasteiger partial charge in [-0.15, -0.1) is 0 Å². The van der Waals surface area contributed by atoms with Gasteiger partial charge >= 0.3 is 0 Å². The van der Waals surface area contributed by atoms with Gasteiger partial charge in [0.05, 0.1) is 13.3 Å². The second kappa shape index (κ2) is 8.63. The Kier molecular flexibility index (Phi) is 8.66. The number of rotatable bonds is 10. The monoisotopic (exact) mass is 329 g/mol. The van der Waals surface area contributed by atoms with Crippen LogP contribution in [0.15, 0.2) is 4.66 Å². The Balaban J connectivity index is 5.91. The van der Waals surface area contributed by atoms with Gasteiger partial charge in [-0.3, -0.25) is 0 Å². The molecule has 0 amide bonds. The first kappa shape index (κ1) is 21.1. The Bertz CT molecular complexity index is 315. The maximum atomic E-state index is 11.5. The molecule has 0 rings (SSSR count). The summed E-state index contributed by atoms with van der Waals surface area (Å²) < 4.78 is 5.30. The van der Waals surface area contributed by atoms with E-state index in [4.69, 9.17) is 4.66 Å². The molecular weight excluding hydrogens is 290 g/mol. The van der Waals surface area contributed by atoms with Gasteiger partial charge in [-0.1, -0.05) is 66.6 Å². The van der Waals surface area contributed by atoms with Crippen LogP contribution < -0.4 is 0 Å². The maximum Gasteiger partial charge on any atom is 0.180 e. The van der Waals surface area contributed by atoms with Crippen molar-refractivity contribution in [3.05, 3.63) is 0 Å². The van der Waals surface area contributed by atoms with Crippen molar-refractivity contribution in [2.24, 2.45) is 4.66 Å². The highest BCUT2D eigenvalue weighted by Crippen LogP contribution is 2.35. The highest BCUT2D eigenvalue weighted by atomic mass is 28.3. The zero-order chi connectivity index (χ0) is 16.7. The summed E-state index contributed by atoms with van der Waals surface area (Å²) in [6.45, 7) is 17.9. The average molecular weight is 330 g/mol. The number of nitrogens with zero attached hydrogens (tertiary/aromatic N) is 1. The van der Waals surface area contributed by atoms with Crippen molar-refractivity contribution in [1.29, 1.82) is 0 Å². The number of aliphatic hydroxyl groups is 1. The molecule has 0 bridgehead atoms. The molecule has 0 aromatic carbocycles. The Hall–Kier alpha value is 0.0638. The van der Waals surface area contributed by atoms with Crippen molar-refractivity contribution in [2.75, 3.05) is 0 Å². The minimum Gasteiger partial charge on any atom is -0.388 e. The molecule has 126 valence electrons. The van der Waals surface area contributed by atoms with Crippen LogP contribution in [0.3, 0.4) is 0 Å². The first-order chi connectivity index (χ1) is 9.78. The molecule has 1 atom stereocenters. The molecule has 0 saturated heterocycles. The second-order valence-electron chi connectivity index (χ2n) is 6.61. The predicted molar refractivity (Wildman–Crippen MR) is 103 cm³/mol. The summed E-state index contributed by atoms with van der Waals surface area (Å²) in [6, 6.07) is 7.01. The molecule has 0 aliphatic rings. The summed E-state index contributed by atoms with van der Waals surface area (Å²) in [6.07, 6.45) is 0.899. The van der Waals surface area contributed by atoms with E-state index >= 15 is 0 Å². The van der Waals surface area contributed by atoms with Gasteiger partial charge < -0.3 is 9.76 Å². The van der Waals surface area contributed by atoms with Crippen molar-refractivity contribution >= 4 is 22.0 Å². The van der Waals surface area contributed by atoms with Crippen molar-refractivity contribution in [1.82, 2.24) is 0 Å². The summed E-state index contributed by atoms with van der Waals surface area (Å²) in [4.78, 5) is 0. The smallest absolute Gasteiger partial charge is 0.180 e. The Morgan fingerprint density at radius 1 is 0.810 bits per heavy atom. The van der Waals surface area contributed by atoms with Crippen LogP contribution in [0.4, 0.5) is 0 Å². The SMILES string of the molecule is CCC(=N[Si](CC)(CC)CC)C(C)(O)[Si](CC)(CC)CC. The van der Waals surface area contributed by atoms with Crippen molar-refractivity contribution in [3.63, 3.8) is 0 Å². The van der Waals surface area contributed by atoms with Crippen LogP contribution in [-0.4, -0.2) is 32.4 Å². The van der Waals surface area contributed by atoms with E-state index in [1.807, 2.05) is 0 Å². The molecular formula is C17H39NOSi2. The van der Waals surface area contributed by atoms with Gasteiger partial charge in [0.25, 0.3) is 0 Å². The number of hydrogen-bond donors (Lipinski definition) is 1. The van der Waals surface area contributed by atoms with Crippen LogP contribution in [0, 0.1) is 0 Å². The lowest BCUT2D eigenvalue weighted by atomic mass is 10.2. The van der Waals surface area contributed by atoms with Gasteiger partial charge in [0.2, 0.25) is 0 Å². The van der Waals surface area contributed by atoms with Crippen LogP contribution >= 0.6 is 0 Å². The van der Waals surface area contributed by atoms with E-state index in [9.17, 15) is 5.11 Å². The van der Waals surface area contributed by atoms with Gasteiger partial charge in [0.1, 0.15) is 0 Å². The molecule has 0 radical (unpaired) electrons. The van der Waals surface area contributed by atoms with E-state index < -0.39 is 21.5 Å². The van der Waals surface area contributed by atoms with E-state index in [1.54, 1.807) is 0 Å². The molecule has 1 unspecified atom stereocenters. The zero-order valence-corrected chi connectivity index (χ0v) is 17.8. The maximum absolute atomic E-state index is 11.5. The summed E-state index contributed by atoms with van der Waals surface area (Å²) in [5.74, 6) is 0. The summed E-state index contributed by atoms with van der Waals surface area (Å²) in [7, 11) is -3.30. The third kappa shape index (κ3) is 4.08. The van der Waals surface area contributed by atoms with E-state index in [0.29, 0.717) is 0 Å². The van der Waals surface area contributed by atoms with Crippen LogP contribution in [0.5, 0.6) is 0 Å². The van der Waals surface area contributed by atoms with Gasteiger partial charge in [-0.05, 0) is 31.5 Å². The molecule has 0 aromatic heterocycles. The molecule has 0 spiro atoms. The van der Waals surface area contributed by atoms with E-state index in [1.165, 1.54) is 18.1 Å². The second-order valence-corrected chi connectivity index (χ2v) is 17.1. The van der Waals surface area contributed by atoms with Crippen molar-refractivity contribution < 1.29 is 5.11 Å². The Morgan fingerprint density at radius 2 is 1.19 bits per heavy atom. The summed E-state index contributed by atoms with van der Waals surface area (Å²) in [5.41, 5.74) is 1.12. The first-order valence-electron chi connectivity index (χ1n) is 9.10. The molecule has 0 aromatic rings. The first-order valence-corrected chi connectivity index (χ1v) is 14.3. The van der Waals surface area contributed by atoms with Crippen LogP contribution in [0.25, 0.3) is 0 Å². The molecule has 0 aliphatic carbocycles. The van der Waals surface area contributed by atoms with Crippen molar-refractivity contribution in [2.45, 2.75) is 103 Å². The molecule has 0 saturated carbocycles. The highest BCUT2D eigenvalue weighted by molar-refractivity contribution is 6.86. The molecule has 4 heteroatoms. The summed E-state index contributed by atoms with van der Waals surface area (Å²) in [5, 5.41) is 10.8. The van der Waals surface area contributed by atoms with Crippen molar-refractivity contribution in [3.8, 4) is 0 Å². The van der Waals surface area contributed by atoms with E-state index in [2.05, 4.69) is 55.4 Å². The fourth-order valence-electron chi connectivity index (χ4n) is 3.89. The molecule has 0 aliphatic heterocycles. The van der Waals surface area contributed by atoms with Gasteiger partial charge in [-0.2, -0.15) is 0 Å². The standard InChI is InChI=1S/C17H39NOSi2/c1-9-16(18-21(13-5,14-6)15-7)17(8,19)20(10-2,11-3)12-4/h19H,9-15H2,1-8H3. The molecule has 1 N–H and O–H groups in total.